The number of morpholine rings is 1. The normalized spacial score (nSPS) is 15.1. The molecule has 6 nitrogen and oxygen atoms in total. The number of nitrogens with zero attached hydrogens (tertiary/aromatic N) is 4. The van der Waals surface area contributed by atoms with Crippen molar-refractivity contribution in [1.82, 2.24) is 14.8 Å². The molecule has 1 aliphatic heterocycles. The highest BCUT2D eigenvalue weighted by molar-refractivity contribution is 9.10. The Morgan fingerprint density at radius 3 is 2.74 bits per heavy atom. The van der Waals surface area contributed by atoms with Crippen molar-refractivity contribution in [2.24, 2.45) is 12.0 Å². The fourth-order valence-corrected chi connectivity index (χ4v) is 3.67. The summed E-state index contributed by atoms with van der Waals surface area (Å²) >= 11 is 3.61. The van der Waals surface area contributed by atoms with E-state index >= 15 is 0 Å². The SMILES string of the molecule is CN=C(NCc1ccc(Br)cc1N1CCOCC1)N(C)Cc1cccn1C. The Morgan fingerprint density at radius 2 is 2.07 bits per heavy atom. The van der Waals surface area contributed by atoms with E-state index in [4.69, 9.17) is 4.74 Å². The van der Waals surface area contributed by atoms with Crippen molar-refractivity contribution >= 4 is 27.6 Å². The Bertz CT molecular complexity index is 782. The quantitative estimate of drug-likeness (QED) is 0.581. The number of halogens is 1. The first-order chi connectivity index (χ1) is 13.1. The maximum atomic E-state index is 5.50. The molecule has 1 aromatic heterocycles. The van der Waals surface area contributed by atoms with E-state index in [1.165, 1.54) is 16.9 Å². The van der Waals surface area contributed by atoms with Crippen LogP contribution in [-0.4, -0.2) is 55.8 Å². The zero-order valence-corrected chi connectivity index (χ0v) is 17.9. The molecule has 0 atom stereocenters. The van der Waals surface area contributed by atoms with E-state index < -0.39 is 0 Å². The van der Waals surface area contributed by atoms with Gasteiger partial charge >= 0.3 is 0 Å². The molecule has 0 radical (unpaired) electrons. The van der Waals surface area contributed by atoms with Gasteiger partial charge in [0.1, 0.15) is 0 Å². The molecule has 2 heterocycles. The molecule has 0 spiro atoms. The van der Waals surface area contributed by atoms with Gasteiger partial charge in [-0.25, -0.2) is 0 Å². The first-order valence-corrected chi connectivity index (χ1v) is 10.0. The summed E-state index contributed by atoms with van der Waals surface area (Å²) in [4.78, 5) is 8.98. The van der Waals surface area contributed by atoms with E-state index in [2.05, 4.69) is 91.2 Å². The summed E-state index contributed by atoms with van der Waals surface area (Å²) in [7, 11) is 5.96. The summed E-state index contributed by atoms with van der Waals surface area (Å²) in [5, 5.41) is 3.51. The van der Waals surface area contributed by atoms with Crippen molar-refractivity contribution in [3.8, 4) is 0 Å². The molecule has 1 aromatic carbocycles. The van der Waals surface area contributed by atoms with Gasteiger partial charge in [0.25, 0.3) is 0 Å². The molecule has 0 unspecified atom stereocenters. The number of nitrogens with one attached hydrogen (secondary N) is 1. The highest BCUT2D eigenvalue weighted by Crippen LogP contribution is 2.26. The number of benzene rings is 1. The number of rotatable bonds is 5. The molecule has 27 heavy (non-hydrogen) atoms. The van der Waals surface area contributed by atoms with E-state index in [0.29, 0.717) is 0 Å². The molecule has 146 valence electrons. The number of guanidine groups is 1. The minimum atomic E-state index is 0.726. The van der Waals surface area contributed by atoms with Crippen LogP contribution in [0.4, 0.5) is 5.69 Å². The van der Waals surface area contributed by atoms with Crippen LogP contribution >= 0.6 is 15.9 Å². The molecule has 3 rings (SSSR count). The maximum absolute atomic E-state index is 5.50. The smallest absolute Gasteiger partial charge is 0.194 e. The lowest BCUT2D eigenvalue weighted by molar-refractivity contribution is 0.122. The van der Waals surface area contributed by atoms with Gasteiger partial charge in [-0.3, -0.25) is 4.99 Å². The van der Waals surface area contributed by atoms with E-state index in [-0.39, 0.29) is 0 Å². The lowest BCUT2D eigenvalue weighted by Gasteiger charge is -2.31. The molecule has 1 saturated heterocycles. The zero-order valence-electron chi connectivity index (χ0n) is 16.3. The van der Waals surface area contributed by atoms with Crippen LogP contribution in [-0.2, 0) is 24.9 Å². The van der Waals surface area contributed by atoms with Gasteiger partial charge in [-0.2, -0.15) is 0 Å². The third kappa shape index (κ3) is 5.05. The highest BCUT2D eigenvalue weighted by atomic mass is 79.9. The van der Waals surface area contributed by atoms with Crippen LogP contribution in [0.5, 0.6) is 0 Å². The number of aliphatic imine (C=N–C) groups is 1. The Hall–Kier alpha value is -1.99. The molecule has 1 aliphatic rings. The minimum Gasteiger partial charge on any atom is -0.378 e. The molecule has 0 aliphatic carbocycles. The highest BCUT2D eigenvalue weighted by Gasteiger charge is 2.16. The van der Waals surface area contributed by atoms with Crippen molar-refractivity contribution in [1.29, 1.82) is 0 Å². The fourth-order valence-electron chi connectivity index (χ4n) is 3.32. The van der Waals surface area contributed by atoms with Gasteiger partial charge in [-0.15, -0.1) is 0 Å². The van der Waals surface area contributed by atoms with E-state index in [9.17, 15) is 0 Å². The Balaban J connectivity index is 1.68. The minimum absolute atomic E-state index is 0.726. The predicted molar refractivity (Wildman–Crippen MR) is 114 cm³/mol. The van der Waals surface area contributed by atoms with Gasteiger partial charge in [0.15, 0.2) is 5.96 Å². The topological polar surface area (TPSA) is 45.0 Å². The lowest BCUT2D eigenvalue weighted by atomic mass is 10.1. The third-order valence-corrected chi connectivity index (χ3v) is 5.35. The van der Waals surface area contributed by atoms with Crippen LogP contribution in [0.25, 0.3) is 0 Å². The number of aryl methyl sites for hydroxylation is 1. The number of anilines is 1. The average molecular weight is 434 g/mol. The fraction of sp³-hybridized carbons (Fsp3) is 0.450. The van der Waals surface area contributed by atoms with Gasteiger partial charge in [-0.05, 0) is 29.8 Å². The lowest BCUT2D eigenvalue weighted by Crippen LogP contribution is -2.39. The van der Waals surface area contributed by atoms with Gasteiger partial charge in [0.05, 0.1) is 19.8 Å². The van der Waals surface area contributed by atoms with Crippen molar-refractivity contribution in [2.45, 2.75) is 13.1 Å². The second-order valence-electron chi connectivity index (χ2n) is 6.74. The van der Waals surface area contributed by atoms with Crippen LogP contribution < -0.4 is 10.2 Å². The number of hydrogen-bond acceptors (Lipinski definition) is 3. The molecule has 1 N–H and O–H groups in total. The molecule has 7 heteroatoms. The predicted octanol–water partition coefficient (Wildman–Crippen LogP) is 2.83. The van der Waals surface area contributed by atoms with Gasteiger partial charge in [-0.1, -0.05) is 22.0 Å². The van der Waals surface area contributed by atoms with Crippen molar-refractivity contribution in [3.63, 3.8) is 0 Å². The summed E-state index contributed by atoms with van der Waals surface area (Å²) < 4.78 is 8.73. The second-order valence-corrected chi connectivity index (χ2v) is 7.66. The van der Waals surface area contributed by atoms with E-state index in [1.807, 2.05) is 7.05 Å². The second kappa shape index (κ2) is 9.28. The van der Waals surface area contributed by atoms with E-state index in [1.54, 1.807) is 0 Å². The summed E-state index contributed by atoms with van der Waals surface area (Å²) in [6.45, 7) is 4.93. The first kappa shape index (κ1) is 19.8. The summed E-state index contributed by atoms with van der Waals surface area (Å²) in [6, 6.07) is 10.7. The standard InChI is InChI=1S/C20H28BrN5O/c1-22-20(25(3)15-18-5-4-8-24(18)2)23-14-16-6-7-17(21)13-19(16)26-9-11-27-12-10-26/h4-8,13H,9-12,14-15H2,1-3H3,(H,22,23). The molecular weight excluding hydrogens is 406 g/mol. The van der Waals surface area contributed by atoms with Crippen LogP contribution in [0.1, 0.15) is 11.3 Å². The summed E-state index contributed by atoms with van der Waals surface area (Å²) in [5.74, 6) is 0.882. The summed E-state index contributed by atoms with van der Waals surface area (Å²) in [5.41, 5.74) is 3.76. The van der Waals surface area contributed by atoms with Crippen LogP contribution in [0.15, 0.2) is 46.0 Å². The largest absolute Gasteiger partial charge is 0.378 e. The van der Waals surface area contributed by atoms with Gasteiger partial charge < -0.3 is 24.4 Å². The van der Waals surface area contributed by atoms with Crippen molar-refractivity contribution < 1.29 is 4.74 Å². The molecule has 2 aromatic rings. The monoisotopic (exact) mass is 433 g/mol. The van der Waals surface area contributed by atoms with Crippen molar-refractivity contribution in [2.75, 3.05) is 45.3 Å². The third-order valence-electron chi connectivity index (χ3n) is 4.86. The Morgan fingerprint density at radius 1 is 1.30 bits per heavy atom. The van der Waals surface area contributed by atoms with Gasteiger partial charge in [0, 0.05) is 62.8 Å². The van der Waals surface area contributed by atoms with Crippen LogP contribution in [0.2, 0.25) is 0 Å². The molecule has 0 bridgehead atoms. The molecular formula is C20H28BrN5O. The molecule has 0 amide bonds. The maximum Gasteiger partial charge on any atom is 0.194 e. The summed E-state index contributed by atoms with van der Waals surface area (Å²) in [6.07, 6.45) is 2.07. The first-order valence-electron chi connectivity index (χ1n) is 9.21. The van der Waals surface area contributed by atoms with Crippen molar-refractivity contribution in [3.05, 3.63) is 52.3 Å². The zero-order chi connectivity index (χ0) is 19.2. The average Bonchev–Trinajstić information content (AvgIpc) is 3.08. The molecule has 1 fully saturated rings. The van der Waals surface area contributed by atoms with Crippen LogP contribution in [0.3, 0.4) is 0 Å². The van der Waals surface area contributed by atoms with Gasteiger partial charge in [0.2, 0.25) is 0 Å². The Labute approximate surface area is 169 Å². The molecule has 0 saturated carbocycles. The van der Waals surface area contributed by atoms with E-state index in [0.717, 1.165) is 49.8 Å². The number of hydrogen-bond donors (Lipinski definition) is 1. The Kier molecular flexibility index (Phi) is 6.79. The van der Waals surface area contributed by atoms with Crippen LogP contribution in [0, 0.1) is 0 Å². The number of aromatic nitrogens is 1. The number of ether oxygens (including phenoxy) is 1.